The summed E-state index contributed by atoms with van der Waals surface area (Å²) in [6, 6.07) is -5.15. The maximum Gasteiger partial charge on any atom is 0.248 e. The highest BCUT2D eigenvalue weighted by Gasteiger charge is 2.48. The summed E-state index contributed by atoms with van der Waals surface area (Å²) < 4.78 is 0. The minimum absolute atomic E-state index is 0.0556. The summed E-state index contributed by atoms with van der Waals surface area (Å²) in [5.74, 6) is -9.75. The predicted octanol–water partition coefficient (Wildman–Crippen LogP) is -0.545. The average Bonchev–Trinajstić information content (AvgIpc) is 0.998. The molecule has 0 aliphatic carbocycles. The molecule has 5 fully saturated rings. The third-order valence-electron chi connectivity index (χ3n) is 21.9. The second-order valence-corrected chi connectivity index (χ2v) is 36.9. The van der Waals surface area contributed by atoms with E-state index < -0.39 is 165 Å². The Labute approximate surface area is 674 Å². The molecule has 0 spiro atoms. The van der Waals surface area contributed by atoms with E-state index in [-0.39, 0.29) is 81.4 Å². The molecule has 5 aliphatic rings. The zero-order valence-electron chi connectivity index (χ0n) is 72.0. The fraction of sp³-hybridized carbons (Fsp3) is 0.800. The lowest BCUT2D eigenvalue weighted by atomic mass is 9.93. The van der Waals surface area contributed by atoms with Gasteiger partial charge in [0.05, 0.1) is 26.2 Å². The Bertz CT molecular complexity index is 3500. The molecule has 5 rings (SSSR count). The molecule has 34 nitrogen and oxygen atoms in total. The first-order valence-electron chi connectivity index (χ1n) is 41.2. The lowest BCUT2D eigenvalue weighted by molar-refractivity contribution is -0.930. The molecule has 0 bridgehead atoms. The van der Waals surface area contributed by atoms with Gasteiger partial charge in [0.1, 0.15) is 75.1 Å². The lowest BCUT2D eigenvalue weighted by Crippen LogP contribution is -3.16. The second kappa shape index (κ2) is 40.8. The Morgan fingerprint density at radius 1 is 0.368 bits per heavy atom. The summed E-state index contributed by atoms with van der Waals surface area (Å²) in [5.41, 5.74) is -11.1. The minimum Gasteiger partial charge on any atom is -0.354 e. The van der Waals surface area contributed by atoms with E-state index in [1.807, 2.05) is 27.7 Å². The number of piperidine rings is 3. The van der Waals surface area contributed by atoms with Gasteiger partial charge in [0, 0.05) is 77.9 Å². The summed E-state index contributed by atoms with van der Waals surface area (Å²) in [4.78, 5) is 228. The topological polar surface area (TPSA) is 447 Å². The largest absolute Gasteiger partial charge is 0.354 e. The number of nitrogens with one attached hydrogen (secondary N) is 14. The molecular formula is C80H139N18O16+. The van der Waals surface area contributed by atoms with E-state index in [0.717, 1.165) is 51.7 Å². The number of rotatable bonds is 37. The average molecular weight is 1610 g/mol. The quantitative estimate of drug-likeness (QED) is 0.0371. The van der Waals surface area contributed by atoms with Crippen molar-refractivity contribution in [2.24, 2.45) is 17.8 Å². The highest BCUT2D eigenvalue weighted by atomic mass is 16.2. The molecule has 5 saturated heterocycles. The highest BCUT2D eigenvalue weighted by Crippen LogP contribution is 2.27. The molecule has 114 heavy (non-hydrogen) atoms. The number of nitrogens with zero attached hydrogens (tertiary/aromatic N) is 4. The van der Waals surface area contributed by atoms with E-state index in [1.54, 1.807) is 32.6 Å². The van der Waals surface area contributed by atoms with Gasteiger partial charge in [0.2, 0.25) is 94.5 Å². The van der Waals surface area contributed by atoms with Crippen LogP contribution in [-0.4, -0.2) is 261 Å². The zero-order chi connectivity index (χ0) is 86.0. The first-order valence-corrected chi connectivity index (χ1v) is 41.2. The van der Waals surface area contributed by atoms with Gasteiger partial charge < -0.3 is 88.7 Å². The van der Waals surface area contributed by atoms with E-state index in [0.29, 0.717) is 57.3 Å². The molecule has 644 valence electrons. The third-order valence-corrected chi connectivity index (χ3v) is 21.9. The van der Waals surface area contributed by atoms with E-state index in [9.17, 15) is 76.7 Å². The molecule has 0 aromatic heterocycles. The molecule has 16 amide bonds. The van der Waals surface area contributed by atoms with E-state index >= 15 is 0 Å². The van der Waals surface area contributed by atoms with Crippen molar-refractivity contribution in [2.45, 2.75) is 329 Å². The van der Waals surface area contributed by atoms with Crippen molar-refractivity contribution in [1.82, 2.24) is 88.7 Å². The molecule has 0 aromatic carbocycles. The number of hydrogen-bond acceptors (Lipinski definition) is 17. The van der Waals surface area contributed by atoms with Crippen LogP contribution in [0.2, 0.25) is 0 Å². The SMILES string of the molecule is CC(=O)N1CCCC[C@H]1C(=O)NC(C)(C)C(=O)N1CCCC[C@H]1C(=O)NC(C)(C)C(=O)NC(C)(C)C(=O)N[C@@H](CC(C)C)C(=O)NCCC(=O)NCC(=O)NC(C)(C)C(=O)NC(C)(C)C(=O)N1CCCC[C@H]1C(=O)NC(C)(C)C(=O)NCC(=O)NC(CC(C)C)C(=O)NC(C)(C)C(=O)NC(CC(C)C)CN1CCC[NH+]2CCCC12. The van der Waals surface area contributed by atoms with Gasteiger partial charge in [-0.25, -0.2) is 0 Å². The van der Waals surface area contributed by atoms with Gasteiger partial charge in [0.15, 0.2) is 0 Å². The molecule has 0 saturated carbocycles. The van der Waals surface area contributed by atoms with Crippen molar-refractivity contribution >= 4 is 94.5 Å². The number of hydrogen-bond donors (Lipinski definition) is 14. The smallest absolute Gasteiger partial charge is 0.248 e. The molecule has 0 radical (unpaired) electrons. The number of quaternary nitrogens is 1. The van der Waals surface area contributed by atoms with Gasteiger partial charge in [-0.05, 0) is 192 Å². The third kappa shape index (κ3) is 27.8. The van der Waals surface area contributed by atoms with Crippen LogP contribution >= 0.6 is 0 Å². The molecular weight excluding hydrogens is 1470 g/mol. The number of carbonyl (C=O) groups excluding carboxylic acids is 16. The summed E-state index contributed by atoms with van der Waals surface area (Å²) in [6.45, 7) is 37.0. The normalized spacial score (nSPS) is 20.1. The van der Waals surface area contributed by atoms with E-state index in [4.69, 9.17) is 0 Å². The first-order chi connectivity index (χ1) is 52.7. The van der Waals surface area contributed by atoms with Crippen molar-refractivity contribution in [3.05, 3.63) is 0 Å². The molecule has 0 aromatic rings. The number of fused-ring (bicyclic) bond motifs is 1. The van der Waals surface area contributed by atoms with Crippen molar-refractivity contribution in [3.8, 4) is 0 Å². The monoisotopic (exact) mass is 1610 g/mol. The number of amides is 16. The molecule has 5 aliphatic heterocycles. The standard InChI is InChI=1S/C80H138N18O16/c1-48(2)42-52(47-95-38-29-37-94-36-28-33-61(94)95)84-68(109)75(10,11)88-63(104)54(44-50(5)6)85-59(101)45-83-67(108)74(8,9)89-65(106)56-31-24-27-41-98(56)73(114)80(20,21)93-70(111)77(14,15)87-60(102)46-82-58(100)34-35-81-62(103)53(43-49(3)4)86-69(110)76(12,13)92-71(112)78(16,17)90-66(107)57-32-23-26-40-97(57)72(113)79(18,19)91-64(105)55-30-22-25-39-96(55)51(7)99/h48-50,52-57,61H,22-47H2,1-21H3,(H,81,103)(H,82,100)(H,83,108)(H,84,109)(H,85,101)(H,86,110)(H,87,102)(H,88,104)(H,89,106)(H,90,107)(H,91,105)(H,92,112)(H,93,111)/p+1/t52?,53-,54?,55-,56-,57-,61?/m0/s1. The maximum absolute atomic E-state index is 14.4. The Morgan fingerprint density at radius 3 is 1.29 bits per heavy atom. The summed E-state index contributed by atoms with van der Waals surface area (Å²) in [6.07, 6.45) is 9.38. The zero-order valence-corrected chi connectivity index (χ0v) is 72.0. The summed E-state index contributed by atoms with van der Waals surface area (Å²) in [7, 11) is 0. The summed E-state index contributed by atoms with van der Waals surface area (Å²) in [5, 5.41) is 35.4. The van der Waals surface area contributed by atoms with E-state index in [1.165, 1.54) is 97.3 Å². The van der Waals surface area contributed by atoms with Crippen LogP contribution in [0.3, 0.4) is 0 Å². The highest BCUT2D eigenvalue weighted by molar-refractivity contribution is 6.02. The van der Waals surface area contributed by atoms with Crippen LogP contribution in [0.1, 0.15) is 248 Å². The van der Waals surface area contributed by atoms with Gasteiger partial charge in [-0.2, -0.15) is 0 Å². The Hall–Kier alpha value is -8.56. The van der Waals surface area contributed by atoms with Crippen LogP contribution in [0.5, 0.6) is 0 Å². The minimum atomic E-state index is -1.67. The van der Waals surface area contributed by atoms with Crippen LogP contribution in [0.15, 0.2) is 0 Å². The predicted molar refractivity (Wildman–Crippen MR) is 427 cm³/mol. The first kappa shape index (κ1) is 96.0. The fourth-order valence-corrected chi connectivity index (χ4v) is 15.4. The Kier molecular flexibility index (Phi) is 34.4. The lowest BCUT2D eigenvalue weighted by Gasteiger charge is -2.42. The van der Waals surface area contributed by atoms with Crippen molar-refractivity contribution in [2.75, 3.05) is 65.4 Å². The van der Waals surface area contributed by atoms with Crippen molar-refractivity contribution in [1.29, 1.82) is 0 Å². The maximum atomic E-state index is 14.4. The van der Waals surface area contributed by atoms with Crippen LogP contribution in [-0.2, 0) is 76.7 Å². The second-order valence-electron chi connectivity index (χ2n) is 36.9. The number of likely N-dealkylation sites (tertiary alicyclic amines) is 3. The molecule has 14 N–H and O–H groups in total. The molecule has 8 atom stereocenters. The Morgan fingerprint density at radius 2 is 0.781 bits per heavy atom. The van der Waals surface area contributed by atoms with Gasteiger partial charge >= 0.3 is 0 Å². The van der Waals surface area contributed by atoms with Crippen LogP contribution < -0.4 is 74.0 Å². The van der Waals surface area contributed by atoms with Crippen molar-refractivity contribution in [3.63, 3.8) is 0 Å². The molecule has 4 unspecified atom stereocenters. The van der Waals surface area contributed by atoms with Crippen LogP contribution in [0.4, 0.5) is 0 Å². The van der Waals surface area contributed by atoms with Crippen LogP contribution in [0.25, 0.3) is 0 Å². The molecule has 5 heterocycles. The van der Waals surface area contributed by atoms with Gasteiger partial charge in [-0.1, -0.05) is 41.5 Å². The van der Waals surface area contributed by atoms with Crippen LogP contribution in [0, 0.1) is 17.8 Å². The van der Waals surface area contributed by atoms with E-state index in [2.05, 4.69) is 87.9 Å². The van der Waals surface area contributed by atoms with Crippen molar-refractivity contribution < 1.29 is 81.6 Å². The van der Waals surface area contributed by atoms with Gasteiger partial charge in [-0.3, -0.25) is 81.6 Å². The summed E-state index contributed by atoms with van der Waals surface area (Å²) >= 11 is 0. The van der Waals surface area contributed by atoms with Gasteiger partial charge in [0.25, 0.3) is 0 Å². The fourth-order valence-electron chi connectivity index (χ4n) is 15.4. The molecule has 34 heteroatoms. The van der Waals surface area contributed by atoms with Gasteiger partial charge in [-0.15, -0.1) is 0 Å². The Balaban J connectivity index is 1.06. The number of carbonyl (C=O) groups is 16.